The van der Waals surface area contributed by atoms with Crippen LogP contribution in [-0.4, -0.2) is 48.6 Å². The molecule has 3 rings (SSSR count). The second-order valence-corrected chi connectivity index (χ2v) is 6.15. The molecule has 5 unspecified atom stereocenters. The number of carbonyl (C=O) groups is 1. The van der Waals surface area contributed by atoms with Gasteiger partial charge in [-0.1, -0.05) is 0 Å². The fourth-order valence-electron chi connectivity index (χ4n) is 2.95. The summed E-state index contributed by atoms with van der Waals surface area (Å²) in [6, 6.07) is 0. The average molecular weight is 284 g/mol. The molecule has 0 radical (unpaired) electrons. The van der Waals surface area contributed by atoms with E-state index in [2.05, 4.69) is 0 Å². The fraction of sp³-hybridized carbons (Fsp3) is 0.786. The minimum Gasteiger partial charge on any atom is -0.342 e. The summed E-state index contributed by atoms with van der Waals surface area (Å²) in [6.07, 6.45) is 1.92. The van der Waals surface area contributed by atoms with E-state index in [1.165, 1.54) is 6.08 Å². The predicted octanol–water partition coefficient (Wildman–Crippen LogP) is 1.14. The van der Waals surface area contributed by atoms with Crippen molar-refractivity contribution in [3.63, 3.8) is 0 Å². The summed E-state index contributed by atoms with van der Waals surface area (Å²) < 4.78 is 29.3. The number of ether oxygens (including phenoxy) is 5. The van der Waals surface area contributed by atoms with Gasteiger partial charge in [0.15, 0.2) is 17.9 Å². The first kappa shape index (κ1) is 14.2. The lowest BCUT2D eigenvalue weighted by Crippen LogP contribution is -2.54. The molecule has 3 saturated heterocycles. The molecule has 3 heterocycles. The molecule has 6 nitrogen and oxygen atoms in total. The van der Waals surface area contributed by atoms with Crippen LogP contribution in [0.5, 0.6) is 0 Å². The van der Waals surface area contributed by atoms with Crippen LogP contribution in [0.3, 0.4) is 0 Å². The minimum atomic E-state index is -0.723. The van der Waals surface area contributed by atoms with Gasteiger partial charge in [-0.2, -0.15) is 0 Å². The second kappa shape index (κ2) is 4.61. The molecule has 0 aromatic rings. The third-order valence-electron chi connectivity index (χ3n) is 3.57. The molecule has 0 aromatic carbocycles. The summed E-state index contributed by atoms with van der Waals surface area (Å²) >= 11 is 0. The molecule has 0 spiro atoms. The van der Waals surface area contributed by atoms with Crippen LogP contribution in [0.15, 0.2) is 12.2 Å². The van der Waals surface area contributed by atoms with E-state index in [1.54, 1.807) is 6.08 Å². The summed E-state index contributed by atoms with van der Waals surface area (Å²) in [4.78, 5) is 10.5. The summed E-state index contributed by atoms with van der Waals surface area (Å²) in [5.74, 6) is -1.43. The van der Waals surface area contributed by atoms with Gasteiger partial charge in [0.2, 0.25) is 0 Å². The molecule has 0 N–H and O–H groups in total. The Morgan fingerprint density at radius 1 is 0.850 bits per heavy atom. The zero-order chi connectivity index (χ0) is 14.5. The van der Waals surface area contributed by atoms with Gasteiger partial charge >= 0.3 is 0 Å². The van der Waals surface area contributed by atoms with Gasteiger partial charge in [-0.25, -0.2) is 0 Å². The van der Waals surface area contributed by atoms with Crippen molar-refractivity contribution in [2.24, 2.45) is 0 Å². The van der Waals surface area contributed by atoms with Gasteiger partial charge in [0, 0.05) is 0 Å². The summed E-state index contributed by atoms with van der Waals surface area (Å²) in [7, 11) is 0. The lowest BCUT2D eigenvalue weighted by atomic mass is 9.99. The van der Waals surface area contributed by atoms with Crippen molar-refractivity contribution in [1.29, 1.82) is 0 Å². The zero-order valence-corrected chi connectivity index (χ0v) is 12.1. The Morgan fingerprint density at radius 2 is 1.45 bits per heavy atom. The van der Waals surface area contributed by atoms with Crippen LogP contribution in [0.4, 0.5) is 0 Å². The molecule has 0 aromatic heterocycles. The van der Waals surface area contributed by atoms with E-state index < -0.39 is 24.0 Å². The second-order valence-electron chi connectivity index (χ2n) is 6.15. The maximum Gasteiger partial charge on any atom is 0.190 e. The van der Waals surface area contributed by atoms with Crippen LogP contribution in [0.25, 0.3) is 0 Å². The first-order chi connectivity index (χ1) is 9.31. The van der Waals surface area contributed by atoms with E-state index in [0.717, 1.165) is 0 Å². The molecule has 0 amide bonds. The SMILES string of the molecule is CC1(C)OC2OC(/C=C\C=O)C3OC(C)(C)OC3C2O1. The zero-order valence-electron chi connectivity index (χ0n) is 12.1. The average Bonchev–Trinajstić information content (AvgIpc) is 2.80. The topological polar surface area (TPSA) is 63.2 Å². The Morgan fingerprint density at radius 3 is 2.15 bits per heavy atom. The van der Waals surface area contributed by atoms with Crippen molar-refractivity contribution in [1.82, 2.24) is 0 Å². The summed E-state index contributed by atoms with van der Waals surface area (Å²) in [5.41, 5.74) is 0. The van der Waals surface area contributed by atoms with Crippen LogP contribution in [-0.2, 0) is 28.5 Å². The highest BCUT2D eigenvalue weighted by molar-refractivity contribution is 5.64. The van der Waals surface area contributed by atoms with Crippen molar-refractivity contribution in [2.45, 2.75) is 70.0 Å². The van der Waals surface area contributed by atoms with Gasteiger partial charge < -0.3 is 23.7 Å². The Bertz CT molecular complexity index is 429. The Kier molecular flexibility index (Phi) is 3.26. The van der Waals surface area contributed by atoms with E-state index in [1.807, 2.05) is 27.7 Å². The molecule has 3 aliphatic rings. The number of allylic oxidation sites excluding steroid dienone is 1. The molecule has 0 aliphatic carbocycles. The van der Waals surface area contributed by atoms with Gasteiger partial charge in [-0.15, -0.1) is 0 Å². The lowest BCUT2D eigenvalue weighted by molar-refractivity contribution is -0.222. The first-order valence-electron chi connectivity index (χ1n) is 6.80. The molecule has 6 heteroatoms. The fourth-order valence-corrected chi connectivity index (χ4v) is 2.95. The smallest absolute Gasteiger partial charge is 0.190 e. The molecule has 5 atom stereocenters. The summed E-state index contributed by atoms with van der Waals surface area (Å²) in [5, 5.41) is 0. The van der Waals surface area contributed by atoms with Crippen molar-refractivity contribution >= 4 is 6.29 Å². The first-order valence-corrected chi connectivity index (χ1v) is 6.80. The van der Waals surface area contributed by atoms with Crippen LogP contribution < -0.4 is 0 Å². The highest BCUT2D eigenvalue weighted by Crippen LogP contribution is 2.44. The van der Waals surface area contributed by atoms with Crippen LogP contribution in [0.2, 0.25) is 0 Å². The van der Waals surface area contributed by atoms with Crippen LogP contribution in [0, 0.1) is 0 Å². The molecule has 20 heavy (non-hydrogen) atoms. The van der Waals surface area contributed by atoms with Crippen molar-refractivity contribution < 1.29 is 28.5 Å². The van der Waals surface area contributed by atoms with Gasteiger partial charge in [0.05, 0.1) is 0 Å². The number of hydrogen-bond donors (Lipinski definition) is 0. The minimum absolute atomic E-state index is 0.285. The molecule has 112 valence electrons. The van der Waals surface area contributed by atoms with Gasteiger partial charge in [-0.3, -0.25) is 4.79 Å². The number of rotatable bonds is 2. The molecular formula is C14H20O6. The highest BCUT2D eigenvalue weighted by Gasteiger charge is 2.60. The van der Waals surface area contributed by atoms with Crippen molar-refractivity contribution in [2.75, 3.05) is 0 Å². The third kappa shape index (κ3) is 2.42. The van der Waals surface area contributed by atoms with E-state index in [0.29, 0.717) is 6.29 Å². The van der Waals surface area contributed by atoms with E-state index >= 15 is 0 Å². The molecule has 0 bridgehead atoms. The summed E-state index contributed by atoms with van der Waals surface area (Å²) in [6.45, 7) is 7.37. The number of fused-ring (bicyclic) bond motifs is 3. The monoisotopic (exact) mass is 284 g/mol. The van der Waals surface area contributed by atoms with Gasteiger partial charge in [0.25, 0.3) is 0 Å². The molecular weight excluding hydrogens is 264 g/mol. The highest BCUT2D eigenvalue weighted by atomic mass is 16.9. The van der Waals surface area contributed by atoms with Crippen molar-refractivity contribution in [3.05, 3.63) is 12.2 Å². The Balaban J connectivity index is 1.87. The maximum atomic E-state index is 10.5. The van der Waals surface area contributed by atoms with Gasteiger partial charge in [0.1, 0.15) is 30.7 Å². The number of carbonyl (C=O) groups excluding carboxylic acids is 1. The number of hydrogen-bond acceptors (Lipinski definition) is 6. The Hall–Kier alpha value is -0.790. The van der Waals surface area contributed by atoms with E-state index in [9.17, 15) is 4.79 Å². The van der Waals surface area contributed by atoms with E-state index in [4.69, 9.17) is 23.7 Å². The lowest BCUT2D eigenvalue weighted by Gasteiger charge is -2.35. The Labute approximate surface area is 118 Å². The molecule has 0 saturated carbocycles. The van der Waals surface area contributed by atoms with Crippen LogP contribution >= 0.6 is 0 Å². The molecule has 3 aliphatic heterocycles. The van der Waals surface area contributed by atoms with Crippen LogP contribution in [0.1, 0.15) is 27.7 Å². The quantitative estimate of drug-likeness (QED) is 0.559. The standard InChI is InChI=1S/C14H20O6/c1-13(2)17-9-8(6-5-7-15)16-12-11(10(9)18-13)19-14(3,4)20-12/h5-12H,1-4H3/b6-5-. The van der Waals surface area contributed by atoms with Gasteiger partial charge in [-0.05, 0) is 39.8 Å². The predicted molar refractivity (Wildman–Crippen MR) is 67.7 cm³/mol. The normalized spacial score (nSPS) is 45.3. The maximum absolute atomic E-state index is 10.5. The van der Waals surface area contributed by atoms with Crippen molar-refractivity contribution in [3.8, 4) is 0 Å². The molecule has 3 fully saturated rings. The third-order valence-corrected chi connectivity index (χ3v) is 3.57. The van der Waals surface area contributed by atoms with E-state index in [-0.39, 0.29) is 18.3 Å². The largest absolute Gasteiger partial charge is 0.342 e. The number of aldehydes is 1.